The number of hydrogen-bond acceptors (Lipinski definition) is 6. The van der Waals surface area contributed by atoms with Crippen molar-refractivity contribution in [1.82, 2.24) is 4.98 Å². The molecule has 1 heterocycles. The van der Waals surface area contributed by atoms with Gasteiger partial charge in [-0.3, -0.25) is 15.0 Å². The van der Waals surface area contributed by atoms with Crippen LogP contribution < -0.4 is 9.64 Å². The van der Waals surface area contributed by atoms with Crippen LogP contribution in [0.4, 0.5) is 16.3 Å². The highest BCUT2D eigenvalue weighted by Crippen LogP contribution is 2.22. The van der Waals surface area contributed by atoms with Crippen LogP contribution in [0, 0.1) is 10.1 Å². The number of aromatic carboxylic acids is 1. The third-order valence-corrected chi connectivity index (χ3v) is 4.23. The molecular weight excluding hydrogens is 414 g/mol. The summed E-state index contributed by atoms with van der Waals surface area (Å²) in [6.45, 7) is 0.0420. The lowest BCUT2D eigenvalue weighted by molar-refractivity contribution is -0.384. The van der Waals surface area contributed by atoms with E-state index in [-0.39, 0.29) is 29.4 Å². The molecule has 1 aromatic heterocycles. The van der Waals surface area contributed by atoms with Crippen molar-refractivity contribution in [3.05, 3.63) is 93.1 Å². The lowest BCUT2D eigenvalue weighted by Gasteiger charge is -2.21. The van der Waals surface area contributed by atoms with E-state index < -0.39 is 17.0 Å². The van der Waals surface area contributed by atoms with E-state index in [1.165, 1.54) is 53.6 Å². The molecule has 0 aliphatic heterocycles. The number of carboxylic acids is 1. The summed E-state index contributed by atoms with van der Waals surface area (Å²) < 4.78 is 5.33. The van der Waals surface area contributed by atoms with Crippen LogP contribution in [0.25, 0.3) is 0 Å². The Morgan fingerprint density at radius 1 is 1.07 bits per heavy atom. The molecule has 0 atom stereocenters. The highest BCUT2D eigenvalue weighted by Gasteiger charge is 2.20. The number of carbonyl (C=O) groups excluding carboxylic acids is 1. The maximum absolute atomic E-state index is 12.8. The van der Waals surface area contributed by atoms with E-state index in [2.05, 4.69) is 4.98 Å². The minimum absolute atomic E-state index is 0.0420. The van der Waals surface area contributed by atoms with E-state index in [0.29, 0.717) is 10.6 Å². The number of halogens is 1. The highest BCUT2D eigenvalue weighted by atomic mass is 35.5. The van der Waals surface area contributed by atoms with Crippen LogP contribution in [0.5, 0.6) is 5.75 Å². The fourth-order valence-corrected chi connectivity index (χ4v) is 2.61. The number of carbonyl (C=O) groups is 2. The Labute approximate surface area is 175 Å². The average Bonchev–Trinajstić information content (AvgIpc) is 2.73. The molecular formula is C20H14ClN3O6. The van der Waals surface area contributed by atoms with Crippen molar-refractivity contribution in [1.29, 1.82) is 0 Å². The number of anilines is 1. The molecule has 0 saturated carbocycles. The zero-order valence-corrected chi connectivity index (χ0v) is 16.0. The first-order chi connectivity index (χ1) is 14.3. The van der Waals surface area contributed by atoms with Gasteiger partial charge in [0.1, 0.15) is 11.6 Å². The quantitative estimate of drug-likeness (QED) is 0.452. The number of nitrogens with zero attached hydrogens (tertiary/aromatic N) is 3. The van der Waals surface area contributed by atoms with Gasteiger partial charge in [0.15, 0.2) is 0 Å². The molecule has 0 aliphatic rings. The molecule has 1 N–H and O–H groups in total. The van der Waals surface area contributed by atoms with Gasteiger partial charge in [0, 0.05) is 18.3 Å². The summed E-state index contributed by atoms with van der Waals surface area (Å²) in [7, 11) is 0. The molecule has 10 heteroatoms. The summed E-state index contributed by atoms with van der Waals surface area (Å²) in [6, 6.07) is 14.2. The second-order valence-electron chi connectivity index (χ2n) is 6.04. The lowest BCUT2D eigenvalue weighted by atomic mass is 10.1. The van der Waals surface area contributed by atoms with Gasteiger partial charge in [-0.05, 0) is 42.0 Å². The van der Waals surface area contributed by atoms with Gasteiger partial charge in [-0.2, -0.15) is 0 Å². The smallest absolute Gasteiger partial charge is 0.421 e. The normalized spacial score (nSPS) is 10.3. The highest BCUT2D eigenvalue weighted by molar-refractivity contribution is 6.30. The average molecular weight is 428 g/mol. The van der Waals surface area contributed by atoms with Crippen LogP contribution in [-0.4, -0.2) is 27.1 Å². The number of ether oxygens (including phenoxy) is 1. The summed E-state index contributed by atoms with van der Waals surface area (Å²) in [5.41, 5.74) is 0.616. The van der Waals surface area contributed by atoms with E-state index in [1.807, 2.05) is 0 Å². The Hall–Kier alpha value is -3.98. The maximum atomic E-state index is 12.8. The van der Waals surface area contributed by atoms with Gasteiger partial charge in [0.25, 0.3) is 5.69 Å². The first-order valence-corrected chi connectivity index (χ1v) is 8.89. The third-order valence-electron chi connectivity index (χ3n) is 4.00. The Balaban J connectivity index is 1.84. The van der Waals surface area contributed by atoms with Gasteiger partial charge in [-0.1, -0.05) is 23.7 Å². The second-order valence-corrected chi connectivity index (χ2v) is 6.48. The molecule has 0 spiro atoms. The number of nitro groups is 1. The molecule has 0 radical (unpaired) electrons. The third kappa shape index (κ3) is 5.09. The predicted octanol–water partition coefficient (Wildman–Crippen LogP) is 4.55. The number of nitro benzene ring substituents is 1. The van der Waals surface area contributed by atoms with Crippen LogP contribution in [0.2, 0.25) is 5.02 Å². The topological polar surface area (TPSA) is 123 Å². The van der Waals surface area contributed by atoms with Gasteiger partial charge in [-0.25, -0.2) is 14.6 Å². The lowest BCUT2D eigenvalue weighted by Crippen LogP contribution is -2.33. The molecule has 3 rings (SSSR count). The first-order valence-electron chi connectivity index (χ1n) is 8.51. The molecule has 3 aromatic rings. The Morgan fingerprint density at radius 3 is 2.27 bits per heavy atom. The monoisotopic (exact) mass is 427 g/mol. The van der Waals surface area contributed by atoms with Crippen LogP contribution in [-0.2, 0) is 6.54 Å². The summed E-state index contributed by atoms with van der Waals surface area (Å²) in [5.74, 6) is -0.685. The molecule has 2 aromatic carbocycles. The number of benzene rings is 2. The SMILES string of the molecule is O=C(O)c1ccc(CN(C(=O)Oc2ccc([N+](=O)[O-])cc2)c2ccc(Cl)cn2)cc1. The summed E-state index contributed by atoms with van der Waals surface area (Å²) in [5, 5.41) is 20.2. The largest absolute Gasteiger partial charge is 0.478 e. The number of rotatable bonds is 6. The van der Waals surface area contributed by atoms with Crippen LogP contribution in [0.1, 0.15) is 15.9 Å². The maximum Gasteiger partial charge on any atom is 0.421 e. The fourth-order valence-electron chi connectivity index (χ4n) is 2.49. The zero-order chi connectivity index (χ0) is 21.7. The summed E-state index contributed by atoms with van der Waals surface area (Å²) in [6.07, 6.45) is 0.595. The Morgan fingerprint density at radius 2 is 1.73 bits per heavy atom. The fraction of sp³-hybridized carbons (Fsp3) is 0.0500. The van der Waals surface area contributed by atoms with Gasteiger partial charge >= 0.3 is 12.1 Å². The number of amides is 1. The van der Waals surface area contributed by atoms with Crippen LogP contribution in [0.15, 0.2) is 66.9 Å². The molecule has 0 fully saturated rings. The minimum Gasteiger partial charge on any atom is -0.478 e. The predicted molar refractivity (Wildman–Crippen MR) is 108 cm³/mol. The standard InChI is InChI=1S/C20H14ClN3O6/c21-15-5-10-18(22-11-15)23(12-13-1-3-14(4-2-13)19(25)26)20(27)30-17-8-6-16(7-9-17)24(28)29/h1-11H,12H2,(H,25,26). The van der Waals surface area contributed by atoms with Crippen LogP contribution in [0.3, 0.4) is 0 Å². The van der Waals surface area contributed by atoms with E-state index in [1.54, 1.807) is 18.2 Å². The molecule has 0 saturated heterocycles. The molecule has 0 unspecified atom stereocenters. The van der Waals surface area contributed by atoms with E-state index in [0.717, 1.165) is 0 Å². The molecule has 152 valence electrons. The van der Waals surface area contributed by atoms with Gasteiger partial charge in [-0.15, -0.1) is 0 Å². The molecule has 9 nitrogen and oxygen atoms in total. The van der Waals surface area contributed by atoms with Crippen molar-refractivity contribution in [2.75, 3.05) is 4.90 Å². The number of aromatic nitrogens is 1. The number of carboxylic acid groups (broad SMARTS) is 1. The molecule has 0 bridgehead atoms. The van der Waals surface area contributed by atoms with Crippen LogP contribution >= 0.6 is 11.6 Å². The summed E-state index contributed by atoms with van der Waals surface area (Å²) >= 11 is 5.87. The molecule has 30 heavy (non-hydrogen) atoms. The van der Waals surface area contributed by atoms with Crippen molar-refractivity contribution in [3.8, 4) is 5.75 Å². The van der Waals surface area contributed by atoms with E-state index in [9.17, 15) is 19.7 Å². The van der Waals surface area contributed by atoms with Crippen molar-refractivity contribution >= 4 is 35.2 Å². The van der Waals surface area contributed by atoms with Gasteiger partial charge < -0.3 is 9.84 Å². The molecule has 0 aliphatic carbocycles. The number of non-ortho nitro benzene ring substituents is 1. The number of pyridine rings is 1. The minimum atomic E-state index is -1.06. The Bertz CT molecular complexity index is 1070. The zero-order valence-electron chi connectivity index (χ0n) is 15.3. The second kappa shape index (κ2) is 9.01. The first kappa shape index (κ1) is 20.7. The van der Waals surface area contributed by atoms with E-state index in [4.69, 9.17) is 21.4 Å². The van der Waals surface area contributed by atoms with Crippen molar-refractivity contribution in [2.24, 2.45) is 0 Å². The van der Waals surface area contributed by atoms with Gasteiger partial charge in [0.2, 0.25) is 0 Å². The molecule has 1 amide bonds. The summed E-state index contributed by atoms with van der Waals surface area (Å²) in [4.78, 5) is 39.4. The Kier molecular flexibility index (Phi) is 6.23. The van der Waals surface area contributed by atoms with Crippen molar-refractivity contribution < 1.29 is 24.4 Å². The van der Waals surface area contributed by atoms with Crippen molar-refractivity contribution in [3.63, 3.8) is 0 Å². The van der Waals surface area contributed by atoms with E-state index >= 15 is 0 Å². The van der Waals surface area contributed by atoms with Gasteiger partial charge in [0.05, 0.1) is 22.1 Å². The number of hydrogen-bond donors (Lipinski definition) is 1. The van der Waals surface area contributed by atoms with Crippen molar-refractivity contribution in [2.45, 2.75) is 6.54 Å².